The van der Waals surface area contributed by atoms with Gasteiger partial charge < -0.3 is 15.5 Å². The Kier molecular flexibility index (Phi) is 3.53. The van der Waals surface area contributed by atoms with Crippen molar-refractivity contribution in [2.75, 3.05) is 24.0 Å². The highest BCUT2D eigenvalue weighted by molar-refractivity contribution is 5.47. The monoisotopic (exact) mass is 223 g/mol. The summed E-state index contributed by atoms with van der Waals surface area (Å²) in [4.78, 5) is 8.62. The molecule has 6 nitrogen and oxygen atoms in total. The molecule has 1 fully saturated rings. The van der Waals surface area contributed by atoms with Gasteiger partial charge in [0.1, 0.15) is 17.5 Å². The summed E-state index contributed by atoms with van der Waals surface area (Å²) in [5, 5.41) is 3.32. The molecule has 0 spiro atoms. The number of anilines is 2. The number of aromatic nitrogens is 2. The van der Waals surface area contributed by atoms with Crippen LogP contribution in [0.1, 0.15) is 19.2 Å². The average molecular weight is 223 g/mol. The largest absolute Gasteiger partial charge is 0.379 e. The molecule has 2 heterocycles. The van der Waals surface area contributed by atoms with E-state index in [0.717, 1.165) is 37.7 Å². The third kappa shape index (κ3) is 2.59. The first-order chi connectivity index (χ1) is 7.81. The van der Waals surface area contributed by atoms with Crippen LogP contribution in [0.2, 0.25) is 0 Å². The van der Waals surface area contributed by atoms with Crippen molar-refractivity contribution >= 4 is 11.6 Å². The molecule has 1 aliphatic rings. The molecular formula is C10H17N5O. The van der Waals surface area contributed by atoms with Crippen molar-refractivity contribution in [2.45, 2.75) is 25.8 Å². The first-order valence-electron chi connectivity index (χ1n) is 5.50. The van der Waals surface area contributed by atoms with Gasteiger partial charge in [-0.3, -0.25) is 0 Å². The third-order valence-corrected chi connectivity index (χ3v) is 2.52. The van der Waals surface area contributed by atoms with Crippen LogP contribution in [-0.2, 0) is 11.2 Å². The molecule has 4 N–H and O–H groups in total. The lowest BCUT2D eigenvalue weighted by molar-refractivity contribution is 0.195. The maximum absolute atomic E-state index is 5.36. The Morgan fingerprint density at radius 2 is 2.31 bits per heavy atom. The molecule has 1 atom stereocenters. The van der Waals surface area contributed by atoms with Gasteiger partial charge in [-0.15, -0.1) is 0 Å². The summed E-state index contributed by atoms with van der Waals surface area (Å²) in [6, 6.07) is 2.14. The highest BCUT2D eigenvalue weighted by Crippen LogP contribution is 2.15. The summed E-state index contributed by atoms with van der Waals surface area (Å²) in [5.41, 5.74) is 2.54. The average Bonchev–Trinajstić information content (AvgIpc) is 2.81. The quantitative estimate of drug-likeness (QED) is 0.510. The number of rotatable bonds is 4. The second-order valence-corrected chi connectivity index (χ2v) is 3.76. The summed E-state index contributed by atoms with van der Waals surface area (Å²) in [7, 11) is 0. The zero-order valence-electron chi connectivity index (χ0n) is 9.36. The van der Waals surface area contributed by atoms with Crippen LogP contribution >= 0.6 is 0 Å². The minimum Gasteiger partial charge on any atom is -0.379 e. The minimum atomic E-state index is 0.338. The summed E-state index contributed by atoms with van der Waals surface area (Å²) in [6.45, 7) is 3.56. The first kappa shape index (κ1) is 11.1. The molecule has 1 saturated heterocycles. The lowest BCUT2D eigenvalue weighted by Crippen LogP contribution is -2.21. The van der Waals surface area contributed by atoms with E-state index in [1.807, 2.05) is 6.92 Å². The Morgan fingerprint density at radius 1 is 1.50 bits per heavy atom. The van der Waals surface area contributed by atoms with Gasteiger partial charge in [0.15, 0.2) is 0 Å². The Morgan fingerprint density at radius 3 is 2.94 bits per heavy atom. The van der Waals surface area contributed by atoms with Crippen molar-refractivity contribution in [3.05, 3.63) is 11.9 Å². The second-order valence-electron chi connectivity index (χ2n) is 3.76. The fraction of sp³-hybridized carbons (Fsp3) is 0.600. The van der Waals surface area contributed by atoms with Gasteiger partial charge in [0.2, 0.25) is 0 Å². The molecule has 0 saturated carbocycles. The number of hydrogen-bond acceptors (Lipinski definition) is 6. The van der Waals surface area contributed by atoms with Crippen LogP contribution in [0.25, 0.3) is 0 Å². The SMILES string of the molecule is CCc1nc(NN)cc(NC2CCOC2)n1. The molecule has 0 amide bonds. The molecule has 1 aliphatic heterocycles. The number of aryl methyl sites for hydroxylation is 1. The number of nitrogens with zero attached hydrogens (tertiary/aromatic N) is 2. The minimum absolute atomic E-state index is 0.338. The fourth-order valence-electron chi connectivity index (χ4n) is 1.66. The molecule has 2 rings (SSSR count). The molecule has 6 heteroatoms. The van der Waals surface area contributed by atoms with Crippen molar-refractivity contribution in [1.82, 2.24) is 9.97 Å². The van der Waals surface area contributed by atoms with E-state index in [1.54, 1.807) is 6.07 Å². The summed E-state index contributed by atoms with van der Waals surface area (Å²) >= 11 is 0. The number of nitrogens with one attached hydrogen (secondary N) is 2. The third-order valence-electron chi connectivity index (χ3n) is 2.52. The van der Waals surface area contributed by atoms with Gasteiger partial charge in [0, 0.05) is 19.1 Å². The van der Waals surface area contributed by atoms with Crippen LogP contribution in [0, 0.1) is 0 Å². The maximum atomic E-state index is 5.36. The van der Waals surface area contributed by atoms with Gasteiger partial charge in [0.05, 0.1) is 12.6 Å². The predicted octanol–water partition coefficient (Wildman–Crippen LogP) is 0.525. The molecule has 1 aromatic rings. The number of hydrazine groups is 1. The van der Waals surface area contributed by atoms with Gasteiger partial charge >= 0.3 is 0 Å². The van der Waals surface area contributed by atoms with Gasteiger partial charge in [-0.05, 0) is 6.42 Å². The molecule has 0 aromatic carbocycles. The zero-order valence-corrected chi connectivity index (χ0v) is 9.36. The van der Waals surface area contributed by atoms with E-state index in [4.69, 9.17) is 10.6 Å². The van der Waals surface area contributed by atoms with Gasteiger partial charge in [-0.1, -0.05) is 6.92 Å². The lowest BCUT2D eigenvalue weighted by Gasteiger charge is -2.13. The molecule has 0 bridgehead atoms. The second kappa shape index (κ2) is 5.09. The highest BCUT2D eigenvalue weighted by Gasteiger charge is 2.16. The molecular weight excluding hydrogens is 206 g/mol. The molecule has 1 aromatic heterocycles. The van der Waals surface area contributed by atoms with E-state index in [0.29, 0.717) is 11.9 Å². The van der Waals surface area contributed by atoms with E-state index >= 15 is 0 Å². The number of hydrogen-bond donors (Lipinski definition) is 3. The fourth-order valence-corrected chi connectivity index (χ4v) is 1.66. The van der Waals surface area contributed by atoms with E-state index in [-0.39, 0.29) is 0 Å². The normalized spacial score (nSPS) is 19.8. The van der Waals surface area contributed by atoms with Crippen LogP contribution in [0.15, 0.2) is 6.07 Å². The Bertz CT molecular complexity index is 329. The maximum Gasteiger partial charge on any atom is 0.145 e. The van der Waals surface area contributed by atoms with Crippen LogP contribution in [-0.4, -0.2) is 29.2 Å². The van der Waals surface area contributed by atoms with E-state index in [2.05, 4.69) is 20.7 Å². The number of nitrogens with two attached hydrogens (primary N) is 1. The zero-order chi connectivity index (χ0) is 11.4. The van der Waals surface area contributed by atoms with Gasteiger partial charge in [-0.2, -0.15) is 0 Å². The van der Waals surface area contributed by atoms with E-state index < -0.39 is 0 Å². The lowest BCUT2D eigenvalue weighted by atomic mass is 10.2. The topological polar surface area (TPSA) is 85.1 Å². The van der Waals surface area contributed by atoms with Crippen LogP contribution in [0.5, 0.6) is 0 Å². The smallest absolute Gasteiger partial charge is 0.145 e. The van der Waals surface area contributed by atoms with Crippen LogP contribution in [0.4, 0.5) is 11.6 Å². The summed E-state index contributed by atoms with van der Waals surface area (Å²) in [6.07, 6.45) is 1.79. The highest BCUT2D eigenvalue weighted by atomic mass is 16.5. The molecule has 88 valence electrons. The number of nitrogen functional groups attached to an aromatic ring is 1. The number of ether oxygens (including phenoxy) is 1. The van der Waals surface area contributed by atoms with Crippen LogP contribution < -0.4 is 16.6 Å². The van der Waals surface area contributed by atoms with Crippen molar-refractivity contribution in [3.63, 3.8) is 0 Å². The Balaban J connectivity index is 2.12. The molecule has 1 unspecified atom stereocenters. The van der Waals surface area contributed by atoms with Crippen molar-refractivity contribution in [1.29, 1.82) is 0 Å². The molecule has 0 aliphatic carbocycles. The van der Waals surface area contributed by atoms with E-state index in [1.165, 1.54) is 0 Å². The Hall–Kier alpha value is -1.40. The van der Waals surface area contributed by atoms with Crippen molar-refractivity contribution in [2.24, 2.45) is 5.84 Å². The van der Waals surface area contributed by atoms with Crippen molar-refractivity contribution < 1.29 is 4.74 Å². The van der Waals surface area contributed by atoms with Gasteiger partial charge in [0.25, 0.3) is 0 Å². The summed E-state index contributed by atoms with van der Waals surface area (Å²) in [5.74, 6) is 7.57. The predicted molar refractivity (Wildman–Crippen MR) is 62.1 cm³/mol. The first-order valence-corrected chi connectivity index (χ1v) is 5.50. The van der Waals surface area contributed by atoms with Crippen LogP contribution in [0.3, 0.4) is 0 Å². The molecule has 16 heavy (non-hydrogen) atoms. The standard InChI is InChI=1S/C10H17N5O/c1-2-8-13-9(5-10(14-8)15-11)12-7-3-4-16-6-7/h5,7H,2-4,6,11H2,1H3,(H2,12,13,14,15). The molecule has 0 radical (unpaired) electrons. The van der Waals surface area contributed by atoms with Gasteiger partial charge in [-0.25, -0.2) is 15.8 Å². The Labute approximate surface area is 94.6 Å². The van der Waals surface area contributed by atoms with Crippen molar-refractivity contribution in [3.8, 4) is 0 Å². The summed E-state index contributed by atoms with van der Waals surface area (Å²) < 4.78 is 5.30. The van der Waals surface area contributed by atoms with E-state index in [9.17, 15) is 0 Å².